The third-order valence-electron chi connectivity index (χ3n) is 5.67. The highest BCUT2D eigenvalue weighted by molar-refractivity contribution is 7.93. The van der Waals surface area contributed by atoms with Gasteiger partial charge >= 0.3 is 0 Å². The maximum absolute atomic E-state index is 12.5. The van der Waals surface area contributed by atoms with Crippen LogP contribution in [0.4, 0.5) is 17.2 Å². The minimum atomic E-state index is -3.25. The molecule has 4 rings (SSSR count). The highest BCUT2D eigenvalue weighted by atomic mass is 32.2. The maximum atomic E-state index is 12.5. The Balaban J connectivity index is 1.39. The quantitative estimate of drug-likeness (QED) is 0.723. The second-order valence-corrected chi connectivity index (χ2v) is 9.85. The number of pyridine rings is 1. The van der Waals surface area contributed by atoms with Crippen LogP contribution in [-0.2, 0) is 14.8 Å². The Morgan fingerprint density at radius 2 is 1.84 bits per heavy atom. The van der Waals surface area contributed by atoms with Crippen LogP contribution in [0.1, 0.15) is 29.6 Å². The molecule has 2 aromatic rings. The Kier molecular flexibility index (Phi) is 5.81. The van der Waals surface area contributed by atoms with Crippen LogP contribution >= 0.6 is 0 Å². The van der Waals surface area contributed by atoms with Crippen LogP contribution in [0.5, 0.6) is 0 Å². The number of hydrogen-bond acceptors (Lipinski definition) is 6. The van der Waals surface area contributed by atoms with E-state index in [1.165, 1.54) is 4.31 Å². The molecule has 2 amide bonds. The first-order chi connectivity index (χ1) is 14.8. The number of sulfonamides is 1. The average Bonchev–Trinajstić information content (AvgIpc) is 3.13. The number of benzene rings is 1. The molecule has 1 aromatic heterocycles. The molecule has 10 heteroatoms. The Labute approximate surface area is 181 Å². The van der Waals surface area contributed by atoms with Crippen LogP contribution in [0, 0.1) is 5.92 Å². The summed E-state index contributed by atoms with van der Waals surface area (Å²) >= 11 is 0. The van der Waals surface area contributed by atoms with Gasteiger partial charge in [0.05, 0.1) is 29.2 Å². The number of piperidine rings is 1. The van der Waals surface area contributed by atoms with Gasteiger partial charge in [0, 0.05) is 25.2 Å². The number of aromatic nitrogens is 1. The predicted molar refractivity (Wildman–Crippen MR) is 119 cm³/mol. The minimum Gasteiger partial charge on any atom is -0.369 e. The molecule has 1 atom stereocenters. The molecule has 0 bridgehead atoms. The van der Waals surface area contributed by atoms with E-state index in [9.17, 15) is 18.0 Å². The lowest BCUT2D eigenvalue weighted by atomic mass is 9.97. The van der Waals surface area contributed by atoms with Crippen molar-refractivity contribution in [2.75, 3.05) is 39.9 Å². The van der Waals surface area contributed by atoms with E-state index in [-0.39, 0.29) is 23.5 Å². The number of carbonyl (C=O) groups is 2. The smallest absolute Gasteiger partial charge is 0.255 e. The van der Waals surface area contributed by atoms with Crippen molar-refractivity contribution in [3.05, 3.63) is 48.2 Å². The highest BCUT2D eigenvalue weighted by Gasteiger charge is 2.28. The Bertz CT molecular complexity index is 1070. The molecule has 9 nitrogen and oxygen atoms in total. The number of rotatable bonds is 5. The predicted octanol–water partition coefficient (Wildman–Crippen LogP) is 1.58. The standard InChI is InChI=1S/C21H25N5O4S/c22-20(27)16-3-1-10-25(14-16)19-9-6-17(13-23-19)24-21(28)15-4-7-18(8-5-15)26-11-2-12-31(26,29)30/h4-9,13,16H,1-3,10-12,14H2,(H2,22,27)(H,24,28). The van der Waals surface area contributed by atoms with Crippen LogP contribution in [0.2, 0.25) is 0 Å². The van der Waals surface area contributed by atoms with E-state index in [1.807, 2.05) is 4.90 Å². The molecule has 0 spiro atoms. The zero-order valence-electron chi connectivity index (χ0n) is 17.0. The van der Waals surface area contributed by atoms with E-state index < -0.39 is 10.0 Å². The molecule has 3 heterocycles. The fourth-order valence-electron chi connectivity index (χ4n) is 3.98. The lowest BCUT2D eigenvalue weighted by Gasteiger charge is -2.32. The van der Waals surface area contributed by atoms with Crippen LogP contribution < -0.4 is 20.3 Å². The molecule has 0 radical (unpaired) electrons. The van der Waals surface area contributed by atoms with E-state index in [2.05, 4.69) is 10.3 Å². The number of nitrogens with two attached hydrogens (primary N) is 1. The number of hydrogen-bond donors (Lipinski definition) is 2. The van der Waals surface area contributed by atoms with Gasteiger partial charge in [-0.25, -0.2) is 13.4 Å². The molecular weight excluding hydrogens is 418 g/mol. The van der Waals surface area contributed by atoms with E-state index in [4.69, 9.17) is 5.73 Å². The molecule has 1 unspecified atom stereocenters. The summed E-state index contributed by atoms with van der Waals surface area (Å²) in [5.74, 6) is 0.117. The topological polar surface area (TPSA) is 126 Å². The van der Waals surface area contributed by atoms with Crippen LogP contribution in [0.15, 0.2) is 42.6 Å². The second kappa shape index (κ2) is 8.54. The lowest BCUT2D eigenvalue weighted by molar-refractivity contribution is -0.122. The fraction of sp³-hybridized carbons (Fsp3) is 0.381. The molecule has 3 N–H and O–H groups in total. The molecule has 0 saturated carbocycles. The van der Waals surface area contributed by atoms with Crippen molar-refractivity contribution < 1.29 is 18.0 Å². The number of anilines is 3. The second-order valence-electron chi connectivity index (χ2n) is 7.84. The number of nitrogens with zero attached hydrogens (tertiary/aromatic N) is 3. The minimum absolute atomic E-state index is 0.152. The molecule has 2 saturated heterocycles. The summed E-state index contributed by atoms with van der Waals surface area (Å²) in [7, 11) is -3.25. The van der Waals surface area contributed by atoms with Crippen molar-refractivity contribution in [2.24, 2.45) is 11.7 Å². The van der Waals surface area contributed by atoms with Gasteiger partial charge in [0.15, 0.2) is 0 Å². The summed E-state index contributed by atoms with van der Waals surface area (Å²) in [6.45, 7) is 1.82. The Hall–Kier alpha value is -3.14. The van der Waals surface area contributed by atoms with Crippen molar-refractivity contribution in [2.45, 2.75) is 19.3 Å². The summed E-state index contributed by atoms with van der Waals surface area (Å²) in [5, 5.41) is 2.79. The van der Waals surface area contributed by atoms with Gasteiger partial charge in [-0.3, -0.25) is 13.9 Å². The Morgan fingerprint density at radius 3 is 2.45 bits per heavy atom. The molecule has 31 heavy (non-hydrogen) atoms. The largest absolute Gasteiger partial charge is 0.369 e. The average molecular weight is 444 g/mol. The van der Waals surface area contributed by atoms with Gasteiger partial charge < -0.3 is 16.0 Å². The molecular formula is C21H25N5O4S. The summed E-state index contributed by atoms with van der Waals surface area (Å²) < 4.78 is 25.4. The maximum Gasteiger partial charge on any atom is 0.255 e. The third-order valence-corrected chi connectivity index (χ3v) is 7.54. The van der Waals surface area contributed by atoms with Crippen molar-refractivity contribution in [3.8, 4) is 0 Å². The van der Waals surface area contributed by atoms with E-state index in [0.717, 1.165) is 25.2 Å². The van der Waals surface area contributed by atoms with Gasteiger partial charge in [-0.05, 0) is 55.7 Å². The molecule has 1 aromatic carbocycles. The van der Waals surface area contributed by atoms with E-state index >= 15 is 0 Å². The number of primary amides is 1. The van der Waals surface area contributed by atoms with Crippen molar-refractivity contribution in [1.29, 1.82) is 0 Å². The van der Waals surface area contributed by atoms with E-state index in [0.29, 0.717) is 36.4 Å². The van der Waals surface area contributed by atoms with Crippen molar-refractivity contribution in [3.63, 3.8) is 0 Å². The van der Waals surface area contributed by atoms with Crippen molar-refractivity contribution in [1.82, 2.24) is 4.98 Å². The van der Waals surface area contributed by atoms with Gasteiger partial charge in [-0.15, -0.1) is 0 Å². The monoisotopic (exact) mass is 443 g/mol. The first kappa shape index (κ1) is 21.1. The van der Waals surface area contributed by atoms with Gasteiger partial charge in [-0.2, -0.15) is 0 Å². The normalized spacial score (nSPS) is 20.5. The number of nitrogens with one attached hydrogen (secondary N) is 1. The van der Waals surface area contributed by atoms with Gasteiger partial charge in [0.2, 0.25) is 15.9 Å². The lowest BCUT2D eigenvalue weighted by Crippen LogP contribution is -2.41. The molecule has 0 aliphatic carbocycles. The summed E-state index contributed by atoms with van der Waals surface area (Å²) in [5.41, 5.74) is 6.97. The zero-order chi connectivity index (χ0) is 22.0. The molecule has 2 fully saturated rings. The number of amides is 2. The highest BCUT2D eigenvalue weighted by Crippen LogP contribution is 2.25. The van der Waals surface area contributed by atoms with Gasteiger partial charge in [-0.1, -0.05) is 0 Å². The zero-order valence-corrected chi connectivity index (χ0v) is 17.8. The number of carbonyl (C=O) groups excluding carboxylic acids is 2. The van der Waals surface area contributed by atoms with Gasteiger partial charge in [0.1, 0.15) is 5.82 Å². The van der Waals surface area contributed by atoms with Crippen LogP contribution in [-0.4, -0.2) is 50.6 Å². The van der Waals surface area contributed by atoms with Crippen LogP contribution in [0.25, 0.3) is 0 Å². The van der Waals surface area contributed by atoms with Crippen LogP contribution in [0.3, 0.4) is 0 Å². The molecule has 2 aliphatic heterocycles. The third kappa shape index (κ3) is 4.63. The first-order valence-electron chi connectivity index (χ1n) is 10.3. The molecule has 164 valence electrons. The summed E-state index contributed by atoms with van der Waals surface area (Å²) in [6, 6.07) is 10.1. The fourth-order valence-corrected chi connectivity index (χ4v) is 5.54. The van der Waals surface area contributed by atoms with E-state index in [1.54, 1.807) is 42.6 Å². The Morgan fingerprint density at radius 1 is 1.06 bits per heavy atom. The summed E-state index contributed by atoms with van der Waals surface area (Å²) in [6.07, 6.45) is 3.85. The van der Waals surface area contributed by atoms with Crippen molar-refractivity contribution >= 4 is 39.0 Å². The first-order valence-corrected chi connectivity index (χ1v) is 11.9. The van der Waals surface area contributed by atoms with Gasteiger partial charge in [0.25, 0.3) is 5.91 Å². The molecule has 2 aliphatic rings. The summed E-state index contributed by atoms with van der Waals surface area (Å²) in [4.78, 5) is 30.4. The SMILES string of the molecule is NC(=O)C1CCCN(c2ccc(NC(=O)c3ccc(N4CCCS4(=O)=O)cc3)cn2)C1.